The maximum atomic E-state index is 12.2. The summed E-state index contributed by atoms with van der Waals surface area (Å²) in [6, 6.07) is 6.00. The first-order valence-corrected chi connectivity index (χ1v) is 8.20. The molecule has 0 fully saturated rings. The number of rotatable bonds is 7. The van der Waals surface area contributed by atoms with Crippen molar-refractivity contribution in [2.75, 3.05) is 18.1 Å². The number of hydrogen-bond donors (Lipinski definition) is 0. The summed E-state index contributed by atoms with van der Waals surface area (Å²) in [5.74, 6) is -0.568. The molecule has 0 aliphatic carbocycles. The van der Waals surface area contributed by atoms with Crippen LogP contribution in [0.3, 0.4) is 0 Å². The SMILES string of the molecule is CCOP(=O)(OCC)Oc1ccc(N2C(=O)C=CC2=O)cc1. The molecule has 1 aromatic rings. The predicted octanol–water partition coefficient (Wildman–Crippen LogP) is 2.68. The molecule has 0 bridgehead atoms. The fourth-order valence-corrected chi connectivity index (χ4v) is 3.04. The van der Waals surface area contributed by atoms with Gasteiger partial charge in [-0.25, -0.2) is 9.46 Å². The topological polar surface area (TPSA) is 82.1 Å². The highest BCUT2D eigenvalue weighted by Crippen LogP contribution is 2.49. The average molecular weight is 325 g/mol. The van der Waals surface area contributed by atoms with Crippen LogP contribution in [0.4, 0.5) is 5.69 Å². The molecule has 1 aliphatic rings. The van der Waals surface area contributed by atoms with E-state index in [4.69, 9.17) is 13.6 Å². The Morgan fingerprint density at radius 1 is 0.955 bits per heavy atom. The van der Waals surface area contributed by atoms with E-state index >= 15 is 0 Å². The van der Waals surface area contributed by atoms with E-state index < -0.39 is 19.6 Å². The maximum Gasteiger partial charge on any atom is 0.530 e. The van der Waals surface area contributed by atoms with Crippen molar-refractivity contribution >= 4 is 25.3 Å². The van der Waals surface area contributed by atoms with E-state index in [1.807, 2.05) is 0 Å². The summed E-state index contributed by atoms with van der Waals surface area (Å²) in [4.78, 5) is 24.2. The van der Waals surface area contributed by atoms with E-state index in [-0.39, 0.29) is 19.0 Å². The van der Waals surface area contributed by atoms with Gasteiger partial charge in [-0.15, -0.1) is 0 Å². The second-order valence-electron chi connectivity index (χ2n) is 4.21. The van der Waals surface area contributed by atoms with E-state index in [9.17, 15) is 14.2 Å². The standard InChI is InChI=1S/C14H16NO6P/c1-3-19-22(18,20-4-2)21-12-7-5-11(6-8-12)15-13(16)9-10-14(15)17/h5-10H,3-4H2,1-2H3. The Bertz CT molecular complexity index is 611. The lowest BCUT2D eigenvalue weighted by molar-refractivity contribution is -0.119. The molecule has 0 saturated heterocycles. The second kappa shape index (κ2) is 6.87. The van der Waals surface area contributed by atoms with Crippen LogP contribution in [0.15, 0.2) is 36.4 Å². The minimum Gasteiger partial charge on any atom is -0.404 e. The number of phosphoric ester groups is 1. The Morgan fingerprint density at radius 2 is 1.45 bits per heavy atom. The molecule has 1 aromatic carbocycles. The predicted molar refractivity (Wildman–Crippen MR) is 79.6 cm³/mol. The molecular weight excluding hydrogens is 309 g/mol. The van der Waals surface area contributed by atoms with Gasteiger partial charge in [0.05, 0.1) is 18.9 Å². The number of nitrogens with zero attached hydrogens (tertiary/aromatic N) is 1. The van der Waals surface area contributed by atoms with Crippen molar-refractivity contribution in [3.05, 3.63) is 36.4 Å². The van der Waals surface area contributed by atoms with Gasteiger partial charge in [-0.3, -0.25) is 18.6 Å². The molecule has 2 rings (SSSR count). The molecule has 7 nitrogen and oxygen atoms in total. The van der Waals surface area contributed by atoms with Crippen molar-refractivity contribution in [1.29, 1.82) is 0 Å². The third kappa shape index (κ3) is 3.62. The molecule has 8 heteroatoms. The van der Waals surface area contributed by atoms with Crippen LogP contribution in [0.5, 0.6) is 5.75 Å². The summed E-state index contributed by atoms with van der Waals surface area (Å²) < 4.78 is 27.5. The molecule has 1 aliphatic heterocycles. The summed E-state index contributed by atoms with van der Waals surface area (Å²) in [6.45, 7) is 3.71. The number of benzene rings is 1. The normalized spacial score (nSPS) is 14.7. The maximum absolute atomic E-state index is 12.2. The van der Waals surface area contributed by atoms with Crippen molar-refractivity contribution in [2.24, 2.45) is 0 Å². The highest BCUT2D eigenvalue weighted by Gasteiger charge is 2.28. The molecule has 0 N–H and O–H groups in total. The number of phosphoric acid groups is 1. The third-order valence-corrected chi connectivity index (χ3v) is 4.28. The van der Waals surface area contributed by atoms with Crippen LogP contribution in [0.2, 0.25) is 0 Å². The van der Waals surface area contributed by atoms with Crippen LogP contribution in [0, 0.1) is 0 Å². The van der Waals surface area contributed by atoms with Crippen LogP contribution >= 0.6 is 7.82 Å². The molecule has 0 spiro atoms. The Hall–Kier alpha value is -1.95. The smallest absolute Gasteiger partial charge is 0.404 e. The Morgan fingerprint density at radius 3 is 1.91 bits per heavy atom. The first kappa shape index (κ1) is 16.4. The molecule has 0 unspecified atom stereocenters. The second-order valence-corrected chi connectivity index (χ2v) is 5.81. The minimum absolute atomic E-state index is 0.178. The van der Waals surface area contributed by atoms with Gasteiger partial charge in [-0.1, -0.05) is 0 Å². The van der Waals surface area contributed by atoms with Gasteiger partial charge in [0.25, 0.3) is 11.8 Å². The number of anilines is 1. The molecule has 1 heterocycles. The molecule has 118 valence electrons. The summed E-state index contributed by atoms with van der Waals surface area (Å²) in [5, 5.41) is 0. The van der Waals surface area contributed by atoms with Crippen LogP contribution in [-0.4, -0.2) is 25.0 Å². The van der Waals surface area contributed by atoms with Gasteiger partial charge >= 0.3 is 7.82 Å². The quantitative estimate of drug-likeness (QED) is 0.566. The van der Waals surface area contributed by atoms with Crippen molar-refractivity contribution in [3.8, 4) is 5.75 Å². The summed E-state index contributed by atoms with van der Waals surface area (Å²) in [5.41, 5.74) is 0.398. The summed E-state index contributed by atoms with van der Waals surface area (Å²) in [7, 11) is -3.67. The van der Waals surface area contributed by atoms with Crippen LogP contribution in [0.1, 0.15) is 13.8 Å². The molecular formula is C14H16NO6P. The first-order valence-electron chi connectivity index (χ1n) is 6.74. The number of carbonyl (C=O) groups is 2. The van der Waals surface area contributed by atoms with Crippen LogP contribution in [-0.2, 0) is 23.2 Å². The lowest BCUT2D eigenvalue weighted by Gasteiger charge is -2.18. The van der Waals surface area contributed by atoms with Crippen molar-refractivity contribution in [3.63, 3.8) is 0 Å². The minimum atomic E-state index is -3.67. The van der Waals surface area contributed by atoms with E-state index in [1.54, 1.807) is 13.8 Å². The van der Waals surface area contributed by atoms with Gasteiger partial charge in [0.1, 0.15) is 5.75 Å². The molecule has 0 atom stereocenters. The number of imide groups is 1. The molecule has 0 aromatic heterocycles. The monoisotopic (exact) mass is 325 g/mol. The lowest BCUT2D eigenvalue weighted by Crippen LogP contribution is -2.29. The molecule has 2 amide bonds. The van der Waals surface area contributed by atoms with Crippen LogP contribution in [0.25, 0.3) is 0 Å². The van der Waals surface area contributed by atoms with Crippen molar-refractivity contribution < 1.29 is 27.7 Å². The highest BCUT2D eigenvalue weighted by molar-refractivity contribution is 7.48. The van der Waals surface area contributed by atoms with E-state index in [0.717, 1.165) is 4.90 Å². The van der Waals surface area contributed by atoms with Crippen LogP contribution < -0.4 is 9.42 Å². The summed E-state index contributed by atoms with van der Waals surface area (Å²) >= 11 is 0. The zero-order valence-corrected chi connectivity index (χ0v) is 13.1. The zero-order valence-electron chi connectivity index (χ0n) is 12.2. The van der Waals surface area contributed by atoms with E-state index in [2.05, 4.69) is 0 Å². The van der Waals surface area contributed by atoms with Gasteiger partial charge in [-0.2, -0.15) is 0 Å². The lowest BCUT2D eigenvalue weighted by atomic mass is 10.3. The Kier molecular flexibility index (Phi) is 5.13. The number of hydrogen-bond acceptors (Lipinski definition) is 6. The highest BCUT2D eigenvalue weighted by atomic mass is 31.2. The van der Waals surface area contributed by atoms with Gasteiger partial charge in [-0.05, 0) is 38.1 Å². The van der Waals surface area contributed by atoms with Gasteiger partial charge < -0.3 is 4.52 Å². The van der Waals surface area contributed by atoms with Crippen molar-refractivity contribution in [1.82, 2.24) is 0 Å². The van der Waals surface area contributed by atoms with E-state index in [0.29, 0.717) is 5.69 Å². The van der Waals surface area contributed by atoms with E-state index in [1.165, 1.54) is 36.4 Å². The van der Waals surface area contributed by atoms with Gasteiger partial charge in [0, 0.05) is 12.2 Å². The largest absolute Gasteiger partial charge is 0.530 e. The van der Waals surface area contributed by atoms with Crippen molar-refractivity contribution in [2.45, 2.75) is 13.8 Å². The number of carbonyl (C=O) groups excluding carboxylic acids is 2. The fourth-order valence-electron chi connectivity index (χ4n) is 1.85. The molecule has 22 heavy (non-hydrogen) atoms. The Balaban J connectivity index is 2.13. The van der Waals surface area contributed by atoms with Gasteiger partial charge in [0.2, 0.25) is 0 Å². The first-order chi connectivity index (χ1) is 10.5. The molecule has 0 radical (unpaired) electrons. The van der Waals surface area contributed by atoms with Gasteiger partial charge in [0.15, 0.2) is 0 Å². The Labute approximate surface area is 128 Å². The molecule has 0 saturated carbocycles. The average Bonchev–Trinajstić information content (AvgIpc) is 2.80. The fraction of sp³-hybridized carbons (Fsp3) is 0.286. The third-order valence-electron chi connectivity index (χ3n) is 2.70. The number of amides is 2. The zero-order chi connectivity index (χ0) is 16.2. The summed E-state index contributed by atoms with van der Waals surface area (Å²) in [6.07, 6.45) is 2.40.